The molecule has 0 aliphatic rings. The zero-order valence-corrected chi connectivity index (χ0v) is 11.1. The molecule has 1 N–H and O–H groups in total. The van der Waals surface area contributed by atoms with E-state index in [-0.39, 0.29) is 5.56 Å². The van der Waals surface area contributed by atoms with Crippen LogP contribution in [-0.4, -0.2) is 11.1 Å². The van der Waals surface area contributed by atoms with E-state index < -0.39 is 11.8 Å². The highest BCUT2D eigenvalue weighted by molar-refractivity contribution is 9.10. The third-order valence-corrected chi connectivity index (χ3v) is 3.11. The number of hydrogen-bond donors (Lipinski definition) is 1. The number of halogens is 2. The molecule has 2 rings (SSSR count). The first-order valence-corrected chi connectivity index (χ1v) is 6.05. The highest BCUT2D eigenvalue weighted by Crippen LogP contribution is 2.27. The molecule has 0 spiro atoms. The van der Waals surface area contributed by atoms with E-state index in [2.05, 4.69) is 15.9 Å². The minimum atomic E-state index is -1.32. The molecule has 2 aromatic rings. The summed E-state index contributed by atoms with van der Waals surface area (Å²) in [7, 11) is 0. The number of rotatable bonds is 2. The molecule has 0 aliphatic heterocycles. The van der Waals surface area contributed by atoms with Gasteiger partial charge in [-0.25, -0.2) is 9.18 Å². The van der Waals surface area contributed by atoms with Crippen LogP contribution in [0.1, 0.15) is 15.9 Å². The van der Waals surface area contributed by atoms with E-state index >= 15 is 0 Å². The van der Waals surface area contributed by atoms with Crippen LogP contribution in [-0.2, 0) is 0 Å². The summed E-state index contributed by atoms with van der Waals surface area (Å²) in [5.41, 5.74) is 1.02. The van der Waals surface area contributed by atoms with Gasteiger partial charge in [0.2, 0.25) is 0 Å². The van der Waals surface area contributed by atoms with Crippen LogP contribution in [0.5, 0.6) is 0 Å². The van der Waals surface area contributed by atoms with Gasteiger partial charge in [-0.1, -0.05) is 28.1 Å². The van der Waals surface area contributed by atoms with Crippen molar-refractivity contribution in [1.82, 2.24) is 0 Å². The van der Waals surface area contributed by atoms with Gasteiger partial charge in [-0.05, 0) is 35.4 Å². The van der Waals surface area contributed by atoms with Gasteiger partial charge in [0.05, 0.1) is 17.2 Å². The number of aromatic carboxylic acids is 1. The average molecular weight is 320 g/mol. The van der Waals surface area contributed by atoms with Crippen LogP contribution >= 0.6 is 15.9 Å². The predicted octanol–water partition coefficient (Wildman–Crippen LogP) is 3.83. The highest BCUT2D eigenvalue weighted by atomic mass is 79.9. The molecule has 0 unspecified atom stereocenters. The van der Waals surface area contributed by atoms with Crippen LogP contribution in [0.15, 0.2) is 40.9 Å². The van der Waals surface area contributed by atoms with E-state index in [0.29, 0.717) is 16.7 Å². The predicted molar refractivity (Wildman–Crippen MR) is 71.2 cm³/mol. The zero-order chi connectivity index (χ0) is 14.0. The Bertz CT molecular complexity index is 707. The van der Waals surface area contributed by atoms with Gasteiger partial charge in [-0.2, -0.15) is 5.26 Å². The van der Waals surface area contributed by atoms with Crippen LogP contribution < -0.4 is 0 Å². The second kappa shape index (κ2) is 5.21. The van der Waals surface area contributed by atoms with E-state index in [1.54, 1.807) is 18.2 Å². The van der Waals surface area contributed by atoms with Crippen LogP contribution in [0.25, 0.3) is 11.1 Å². The van der Waals surface area contributed by atoms with Crippen LogP contribution in [0, 0.1) is 17.1 Å². The highest BCUT2D eigenvalue weighted by Gasteiger charge is 2.13. The maximum absolute atomic E-state index is 13.6. The lowest BCUT2D eigenvalue weighted by atomic mass is 9.99. The Hall–Kier alpha value is -2.19. The molecule has 0 atom stereocenters. The largest absolute Gasteiger partial charge is 0.478 e. The Kier molecular flexibility index (Phi) is 3.63. The van der Waals surface area contributed by atoms with E-state index in [9.17, 15) is 9.18 Å². The lowest BCUT2D eigenvalue weighted by Crippen LogP contribution is -2.00. The molecule has 5 heteroatoms. The maximum atomic E-state index is 13.6. The first-order valence-electron chi connectivity index (χ1n) is 5.26. The van der Waals surface area contributed by atoms with Crippen molar-refractivity contribution in [2.24, 2.45) is 0 Å². The van der Waals surface area contributed by atoms with Crippen molar-refractivity contribution in [2.45, 2.75) is 0 Å². The summed E-state index contributed by atoms with van der Waals surface area (Å²) in [4.78, 5) is 10.7. The SMILES string of the molecule is N#Cc1cc(Br)ccc1-c1ccc(C(=O)O)c(F)c1. The molecule has 0 saturated heterocycles. The summed E-state index contributed by atoms with van der Waals surface area (Å²) < 4.78 is 14.4. The molecule has 0 heterocycles. The third kappa shape index (κ3) is 2.64. The molecular formula is C14H7BrFNO2. The lowest BCUT2D eigenvalue weighted by Gasteiger charge is -2.06. The molecule has 19 heavy (non-hydrogen) atoms. The molecule has 0 bridgehead atoms. The van der Waals surface area contributed by atoms with Gasteiger partial charge in [0.25, 0.3) is 0 Å². The molecule has 0 aliphatic carbocycles. The number of nitriles is 1. The molecule has 0 saturated carbocycles. The standard InChI is InChI=1S/C14H7BrFNO2/c15-10-2-4-11(9(5-10)7-17)8-1-3-12(14(18)19)13(16)6-8/h1-6H,(H,18,19). The molecular weight excluding hydrogens is 313 g/mol. The summed E-state index contributed by atoms with van der Waals surface area (Å²) >= 11 is 3.25. The van der Waals surface area contributed by atoms with Crippen molar-refractivity contribution < 1.29 is 14.3 Å². The number of carboxylic acid groups (broad SMARTS) is 1. The first-order chi connectivity index (χ1) is 9.02. The van der Waals surface area contributed by atoms with E-state index in [0.717, 1.165) is 10.5 Å². The van der Waals surface area contributed by atoms with Gasteiger partial charge >= 0.3 is 5.97 Å². The Balaban J connectivity index is 2.58. The monoisotopic (exact) mass is 319 g/mol. The fraction of sp³-hybridized carbons (Fsp3) is 0. The van der Waals surface area contributed by atoms with Crippen LogP contribution in [0.4, 0.5) is 4.39 Å². The summed E-state index contributed by atoms with van der Waals surface area (Å²) in [6, 6.07) is 10.9. The second-order valence-corrected chi connectivity index (χ2v) is 4.72. The number of nitrogens with zero attached hydrogens (tertiary/aromatic N) is 1. The summed E-state index contributed by atoms with van der Waals surface area (Å²) in [5.74, 6) is -2.14. The summed E-state index contributed by atoms with van der Waals surface area (Å²) in [5, 5.41) is 17.8. The van der Waals surface area contributed by atoms with Crippen molar-refractivity contribution in [1.29, 1.82) is 5.26 Å². The Morgan fingerprint density at radius 3 is 2.58 bits per heavy atom. The molecule has 0 radical (unpaired) electrons. The normalized spacial score (nSPS) is 9.95. The van der Waals surface area contributed by atoms with Gasteiger partial charge in [0, 0.05) is 4.47 Å². The van der Waals surface area contributed by atoms with Crippen molar-refractivity contribution in [3.63, 3.8) is 0 Å². The molecule has 0 fully saturated rings. The number of carboxylic acids is 1. The summed E-state index contributed by atoms with van der Waals surface area (Å²) in [6.45, 7) is 0. The van der Waals surface area contributed by atoms with Gasteiger partial charge in [0.1, 0.15) is 5.82 Å². The minimum Gasteiger partial charge on any atom is -0.478 e. The van der Waals surface area contributed by atoms with E-state index in [4.69, 9.17) is 10.4 Å². The van der Waals surface area contributed by atoms with Gasteiger partial charge in [-0.3, -0.25) is 0 Å². The topological polar surface area (TPSA) is 61.1 Å². The summed E-state index contributed by atoms with van der Waals surface area (Å²) in [6.07, 6.45) is 0. The Labute approximate surface area is 117 Å². The van der Waals surface area contributed by atoms with Crippen molar-refractivity contribution >= 4 is 21.9 Å². The lowest BCUT2D eigenvalue weighted by molar-refractivity contribution is 0.0692. The number of benzene rings is 2. The molecule has 3 nitrogen and oxygen atoms in total. The van der Waals surface area contributed by atoms with Crippen LogP contribution in [0.2, 0.25) is 0 Å². The minimum absolute atomic E-state index is 0.386. The molecule has 2 aromatic carbocycles. The molecule has 0 aromatic heterocycles. The zero-order valence-electron chi connectivity index (χ0n) is 9.52. The van der Waals surface area contributed by atoms with Crippen molar-refractivity contribution in [3.05, 3.63) is 57.8 Å². The fourth-order valence-corrected chi connectivity index (χ4v) is 2.08. The van der Waals surface area contributed by atoms with Crippen molar-refractivity contribution in [2.75, 3.05) is 0 Å². The second-order valence-electron chi connectivity index (χ2n) is 3.80. The number of carbonyl (C=O) groups is 1. The van der Waals surface area contributed by atoms with Gasteiger partial charge < -0.3 is 5.11 Å². The van der Waals surface area contributed by atoms with E-state index in [1.807, 2.05) is 6.07 Å². The van der Waals surface area contributed by atoms with Crippen LogP contribution in [0.3, 0.4) is 0 Å². The fourth-order valence-electron chi connectivity index (χ4n) is 1.72. The molecule has 94 valence electrons. The van der Waals surface area contributed by atoms with E-state index in [1.165, 1.54) is 12.1 Å². The van der Waals surface area contributed by atoms with Crippen molar-refractivity contribution in [3.8, 4) is 17.2 Å². The van der Waals surface area contributed by atoms with Gasteiger partial charge in [-0.15, -0.1) is 0 Å². The Morgan fingerprint density at radius 2 is 2.00 bits per heavy atom. The maximum Gasteiger partial charge on any atom is 0.338 e. The molecule has 0 amide bonds. The Morgan fingerprint density at radius 1 is 1.26 bits per heavy atom. The first kappa shape index (κ1) is 13.2. The number of hydrogen-bond acceptors (Lipinski definition) is 2. The van der Waals surface area contributed by atoms with Gasteiger partial charge in [0.15, 0.2) is 0 Å². The quantitative estimate of drug-likeness (QED) is 0.915. The smallest absolute Gasteiger partial charge is 0.338 e. The average Bonchev–Trinajstić information content (AvgIpc) is 2.37. The third-order valence-electron chi connectivity index (χ3n) is 2.61.